The first-order valence-electron chi connectivity index (χ1n) is 12.7. The average Bonchev–Trinajstić information content (AvgIpc) is 2.79. The van der Waals surface area contributed by atoms with Crippen molar-refractivity contribution >= 4 is 29.5 Å². The van der Waals surface area contributed by atoms with E-state index >= 15 is 0 Å². The molecule has 2 aromatic rings. The molecule has 206 valence electrons. The van der Waals surface area contributed by atoms with Gasteiger partial charge in [0.15, 0.2) is 0 Å². The molecule has 0 fully saturated rings. The van der Waals surface area contributed by atoms with Crippen molar-refractivity contribution in [3.05, 3.63) is 64.2 Å². The zero-order valence-corrected chi connectivity index (χ0v) is 23.6. The summed E-state index contributed by atoms with van der Waals surface area (Å²) in [4.78, 5) is 53.4. The predicted molar refractivity (Wildman–Crippen MR) is 148 cm³/mol. The minimum absolute atomic E-state index is 0.127. The Morgan fingerprint density at radius 3 is 2.05 bits per heavy atom. The minimum Gasteiger partial charge on any atom is -0.444 e. The molecule has 0 radical (unpaired) electrons. The van der Waals surface area contributed by atoms with Gasteiger partial charge in [0.2, 0.25) is 11.8 Å². The highest BCUT2D eigenvalue weighted by molar-refractivity contribution is 6.00. The fourth-order valence-electron chi connectivity index (χ4n) is 4.13. The molecule has 2 unspecified atom stereocenters. The van der Waals surface area contributed by atoms with Crippen LogP contribution in [-0.2, 0) is 19.1 Å². The topological polar surface area (TPSA) is 131 Å². The van der Waals surface area contributed by atoms with Gasteiger partial charge in [0.25, 0.3) is 5.91 Å². The highest BCUT2D eigenvalue weighted by Crippen LogP contribution is 2.28. The summed E-state index contributed by atoms with van der Waals surface area (Å²) in [5, 5.41) is 5.46. The second-order valence-corrected chi connectivity index (χ2v) is 10.5. The van der Waals surface area contributed by atoms with Crippen molar-refractivity contribution in [2.75, 3.05) is 11.9 Å². The highest BCUT2D eigenvalue weighted by atomic mass is 16.6. The van der Waals surface area contributed by atoms with Crippen molar-refractivity contribution in [2.45, 2.75) is 79.5 Å². The second kappa shape index (κ2) is 12.6. The van der Waals surface area contributed by atoms with Gasteiger partial charge in [-0.2, -0.15) is 0 Å². The number of hydrogen-bond acceptors (Lipinski definition) is 5. The maximum atomic E-state index is 13.9. The van der Waals surface area contributed by atoms with Crippen LogP contribution in [0.5, 0.6) is 0 Å². The molecule has 0 spiro atoms. The van der Waals surface area contributed by atoms with E-state index in [0.717, 1.165) is 22.3 Å². The number of aryl methyl sites for hydroxylation is 4. The summed E-state index contributed by atoms with van der Waals surface area (Å²) < 4.78 is 5.29. The van der Waals surface area contributed by atoms with Crippen molar-refractivity contribution in [3.63, 3.8) is 0 Å². The number of primary amides is 1. The van der Waals surface area contributed by atoms with Crippen molar-refractivity contribution < 1.29 is 23.9 Å². The van der Waals surface area contributed by atoms with Gasteiger partial charge in [-0.3, -0.25) is 14.4 Å². The number of nitrogens with one attached hydrogen (secondary N) is 2. The average molecular weight is 525 g/mol. The number of ether oxygens (including phenoxy) is 1. The van der Waals surface area contributed by atoms with Crippen LogP contribution in [-0.4, -0.2) is 46.9 Å². The van der Waals surface area contributed by atoms with Gasteiger partial charge in [0.05, 0.1) is 6.42 Å². The zero-order chi connectivity index (χ0) is 28.8. The zero-order valence-electron chi connectivity index (χ0n) is 23.6. The third kappa shape index (κ3) is 8.06. The molecule has 0 bridgehead atoms. The molecular formula is C29H40N4O5. The fourth-order valence-corrected chi connectivity index (χ4v) is 4.13. The number of amides is 4. The van der Waals surface area contributed by atoms with Gasteiger partial charge in [-0.1, -0.05) is 36.4 Å². The Balaban J connectivity index is 2.54. The number of para-hydroxylation sites is 1. The summed E-state index contributed by atoms with van der Waals surface area (Å²) in [6.07, 6.45) is -1.32. The highest BCUT2D eigenvalue weighted by Gasteiger charge is 2.36. The van der Waals surface area contributed by atoms with Gasteiger partial charge in [-0.25, -0.2) is 4.79 Å². The first-order valence-corrected chi connectivity index (χ1v) is 12.7. The minimum atomic E-state index is -1.32. The van der Waals surface area contributed by atoms with Gasteiger partial charge < -0.3 is 26.0 Å². The molecule has 4 N–H and O–H groups in total. The van der Waals surface area contributed by atoms with E-state index in [0.29, 0.717) is 11.3 Å². The molecule has 0 saturated carbocycles. The van der Waals surface area contributed by atoms with Crippen molar-refractivity contribution in [3.8, 4) is 0 Å². The van der Waals surface area contributed by atoms with Crippen LogP contribution >= 0.6 is 0 Å². The second-order valence-electron chi connectivity index (χ2n) is 10.5. The van der Waals surface area contributed by atoms with Crippen LogP contribution in [0, 0.1) is 27.7 Å². The molecule has 0 aliphatic carbocycles. The van der Waals surface area contributed by atoms with Crippen molar-refractivity contribution in [1.29, 1.82) is 0 Å². The standard InChI is InChI=1S/C29H40N4O5/c1-9-33(27(36)22(16-23(30)34)31-28(37)38-29(6,7)8)25(21-14-13-17(2)20(5)15-21)26(35)32-24-18(3)11-10-12-19(24)4/h10-15,22,25H,9,16H2,1-8H3,(H2,30,34)(H,31,37)(H,32,35). The maximum Gasteiger partial charge on any atom is 0.408 e. The predicted octanol–water partition coefficient (Wildman–Crippen LogP) is 4.22. The number of anilines is 1. The van der Waals surface area contributed by atoms with E-state index in [4.69, 9.17) is 10.5 Å². The normalized spacial score (nSPS) is 12.7. The third-order valence-electron chi connectivity index (χ3n) is 6.15. The Kier molecular flexibility index (Phi) is 10.0. The summed E-state index contributed by atoms with van der Waals surface area (Å²) in [6, 6.07) is 8.89. The Morgan fingerprint density at radius 1 is 0.947 bits per heavy atom. The smallest absolute Gasteiger partial charge is 0.408 e. The molecule has 4 amide bonds. The molecule has 0 aliphatic rings. The van der Waals surface area contributed by atoms with Gasteiger partial charge in [0.1, 0.15) is 17.7 Å². The summed E-state index contributed by atoms with van der Waals surface area (Å²) in [5.74, 6) is -1.83. The lowest BCUT2D eigenvalue weighted by molar-refractivity contribution is -0.141. The van der Waals surface area contributed by atoms with Crippen molar-refractivity contribution in [1.82, 2.24) is 10.2 Å². The molecule has 38 heavy (non-hydrogen) atoms. The Morgan fingerprint density at radius 2 is 1.55 bits per heavy atom. The first kappa shape index (κ1) is 30.3. The molecule has 0 heterocycles. The van der Waals surface area contributed by atoms with Crippen LogP contribution in [0.4, 0.5) is 10.5 Å². The van der Waals surface area contributed by atoms with E-state index in [9.17, 15) is 19.2 Å². The molecule has 2 atom stereocenters. The number of alkyl carbamates (subject to hydrolysis) is 1. The number of nitrogens with zero attached hydrogens (tertiary/aromatic N) is 1. The molecule has 9 heteroatoms. The van der Waals surface area contributed by atoms with Crippen LogP contribution in [0.1, 0.15) is 68.0 Å². The summed E-state index contributed by atoms with van der Waals surface area (Å²) in [6.45, 7) is 14.6. The largest absolute Gasteiger partial charge is 0.444 e. The quantitative estimate of drug-likeness (QED) is 0.452. The van der Waals surface area contributed by atoms with Crippen molar-refractivity contribution in [2.24, 2.45) is 5.73 Å². The SMILES string of the molecule is CCN(C(=O)C(CC(N)=O)NC(=O)OC(C)(C)C)C(C(=O)Nc1c(C)cccc1C)c1ccc(C)c(C)c1. The molecule has 2 rings (SSSR count). The Hall–Kier alpha value is -3.88. The summed E-state index contributed by atoms with van der Waals surface area (Å²) in [5.41, 5.74) is 9.61. The molecule has 0 saturated heterocycles. The van der Waals surface area contributed by atoms with Crippen LogP contribution in [0.3, 0.4) is 0 Å². The van der Waals surface area contributed by atoms with Gasteiger partial charge >= 0.3 is 6.09 Å². The van der Waals surface area contributed by atoms with E-state index in [1.807, 2.05) is 58.0 Å². The number of rotatable bonds is 9. The van der Waals surface area contributed by atoms with E-state index in [-0.39, 0.29) is 6.54 Å². The summed E-state index contributed by atoms with van der Waals surface area (Å²) >= 11 is 0. The lowest BCUT2D eigenvalue weighted by Crippen LogP contribution is -2.53. The molecule has 2 aromatic carbocycles. The van der Waals surface area contributed by atoms with Gasteiger partial charge in [0, 0.05) is 12.2 Å². The van der Waals surface area contributed by atoms with Gasteiger partial charge in [-0.15, -0.1) is 0 Å². The molecular weight excluding hydrogens is 484 g/mol. The van der Waals surface area contributed by atoms with E-state index < -0.39 is 47.9 Å². The van der Waals surface area contributed by atoms with Crippen LogP contribution in [0.25, 0.3) is 0 Å². The summed E-state index contributed by atoms with van der Waals surface area (Å²) in [7, 11) is 0. The van der Waals surface area contributed by atoms with E-state index in [1.54, 1.807) is 33.8 Å². The maximum absolute atomic E-state index is 13.9. The Bertz CT molecular complexity index is 1180. The molecule has 9 nitrogen and oxygen atoms in total. The number of carbonyl (C=O) groups is 4. The van der Waals surface area contributed by atoms with E-state index in [1.165, 1.54) is 4.90 Å². The van der Waals surface area contributed by atoms with Crippen LogP contribution in [0.2, 0.25) is 0 Å². The van der Waals surface area contributed by atoms with Crippen LogP contribution in [0.15, 0.2) is 36.4 Å². The number of nitrogens with two attached hydrogens (primary N) is 1. The Labute approximate surface area is 225 Å². The first-order chi connectivity index (χ1) is 17.6. The third-order valence-corrected chi connectivity index (χ3v) is 6.15. The van der Waals surface area contributed by atoms with Crippen LogP contribution < -0.4 is 16.4 Å². The molecule has 0 aliphatic heterocycles. The molecule has 0 aromatic heterocycles. The fraction of sp³-hybridized carbons (Fsp3) is 0.448. The number of likely N-dealkylation sites (N-methyl/N-ethyl adjacent to an activating group) is 1. The lowest BCUT2D eigenvalue weighted by Gasteiger charge is -2.34. The lowest BCUT2D eigenvalue weighted by atomic mass is 9.97. The monoisotopic (exact) mass is 524 g/mol. The number of carbonyl (C=O) groups excluding carboxylic acids is 4. The van der Waals surface area contributed by atoms with Gasteiger partial charge in [-0.05, 0) is 83.2 Å². The number of hydrogen-bond donors (Lipinski definition) is 3. The number of benzene rings is 2. The van der Waals surface area contributed by atoms with E-state index in [2.05, 4.69) is 10.6 Å².